The van der Waals surface area contributed by atoms with Crippen LogP contribution < -0.4 is 10.6 Å². The molecule has 2 nitrogen and oxygen atoms in total. The van der Waals surface area contributed by atoms with Gasteiger partial charge in [-0.1, -0.05) is 0 Å². The molecule has 1 rings (SSSR count). The quantitative estimate of drug-likeness (QED) is 0.777. The molecule has 0 fully saturated rings. The molecule has 0 bridgehead atoms. The van der Waals surface area contributed by atoms with Gasteiger partial charge in [0.05, 0.1) is 6.54 Å². The molecule has 0 radical (unpaired) electrons. The topological polar surface area (TPSA) is 24.1 Å². The van der Waals surface area contributed by atoms with E-state index >= 15 is 0 Å². The molecule has 0 spiro atoms. The maximum absolute atomic E-state index is 5.12. The maximum Gasteiger partial charge on any atom is 0.166 e. The smallest absolute Gasteiger partial charge is 0.166 e. The molecule has 1 aromatic rings. The van der Waals surface area contributed by atoms with E-state index in [1.54, 1.807) is 11.3 Å². The first-order chi connectivity index (χ1) is 6.58. The van der Waals surface area contributed by atoms with E-state index < -0.39 is 0 Å². The highest BCUT2D eigenvalue weighted by molar-refractivity contribution is 7.80. The Morgan fingerprint density at radius 3 is 2.71 bits per heavy atom. The third kappa shape index (κ3) is 4.07. The molecule has 0 aliphatic rings. The predicted molar refractivity (Wildman–Crippen MR) is 66.8 cm³/mol. The van der Waals surface area contributed by atoms with Crippen molar-refractivity contribution in [1.82, 2.24) is 10.6 Å². The molecule has 78 valence electrons. The Morgan fingerprint density at radius 2 is 2.21 bits per heavy atom. The summed E-state index contributed by atoms with van der Waals surface area (Å²) in [4.78, 5) is 2.65. The van der Waals surface area contributed by atoms with E-state index in [1.165, 1.54) is 9.75 Å². The Hall–Kier alpha value is -0.610. The molecule has 0 amide bonds. The first-order valence-electron chi connectivity index (χ1n) is 4.67. The number of thiocarbonyl (C=S) groups is 1. The van der Waals surface area contributed by atoms with Crippen molar-refractivity contribution in [3.8, 4) is 0 Å². The molecule has 2 N–H and O–H groups in total. The summed E-state index contributed by atoms with van der Waals surface area (Å²) in [5.74, 6) is 0. The lowest BCUT2D eigenvalue weighted by Gasteiger charge is -2.12. The molecule has 0 saturated carbocycles. The predicted octanol–water partition coefficient (Wildman–Crippen LogP) is 2.43. The Morgan fingerprint density at radius 1 is 1.50 bits per heavy atom. The van der Waals surface area contributed by atoms with Crippen LogP contribution in [0.5, 0.6) is 0 Å². The summed E-state index contributed by atoms with van der Waals surface area (Å²) in [6, 6.07) is 4.64. The highest BCUT2D eigenvalue weighted by Crippen LogP contribution is 2.14. The fourth-order valence-electron chi connectivity index (χ4n) is 1.06. The van der Waals surface area contributed by atoms with Gasteiger partial charge in [0.25, 0.3) is 0 Å². The van der Waals surface area contributed by atoms with E-state index in [0.717, 1.165) is 11.7 Å². The van der Waals surface area contributed by atoms with Gasteiger partial charge in [-0.05, 0) is 45.1 Å². The van der Waals surface area contributed by atoms with Crippen LogP contribution in [0.2, 0.25) is 0 Å². The average Bonchev–Trinajstić information content (AvgIpc) is 2.47. The van der Waals surface area contributed by atoms with Crippen molar-refractivity contribution in [3.63, 3.8) is 0 Å². The molecule has 1 aromatic heterocycles. The second-order valence-corrected chi connectivity index (χ2v) is 5.27. The zero-order valence-electron chi connectivity index (χ0n) is 8.76. The fourth-order valence-corrected chi connectivity index (χ4v) is 2.20. The van der Waals surface area contributed by atoms with Crippen LogP contribution in [0, 0.1) is 6.92 Å². The zero-order valence-corrected chi connectivity index (χ0v) is 10.4. The van der Waals surface area contributed by atoms with Crippen LogP contribution in [-0.2, 0) is 6.54 Å². The van der Waals surface area contributed by atoms with E-state index in [0.29, 0.717) is 6.04 Å². The van der Waals surface area contributed by atoms with Gasteiger partial charge in [0.2, 0.25) is 0 Å². The number of nitrogens with one attached hydrogen (secondary N) is 2. The van der Waals surface area contributed by atoms with E-state index in [9.17, 15) is 0 Å². The highest BCUT2D eigenvalue weighted by Gasteiger charge is 1.99. The SMILES string of the molecule is Cc1ccc(CNC(=S)NC(C)C)s1. The minimum atomic E-state index is 0.389. The molecule has 0 saturated heterocycles. The molecule has 14 heavy (non-hydrogen) atoms. The molecule has 1 heterocycles. The summed E-state index contributed by atoms with van der Waals surface area (Å²) in [5.41, 5.74) is 0. The number of hydrogen-bond acceptors (Lipinski definition) is 2. The fraction of sp³-hybridized carbons (Fsp3) is 0.500. The van der Waals surface area contributed by atoms with Gasteiger partial charge in [0.15, 0.2) is 5.11 Å². The Bertz CT molecular complexity index is 305. The molecule has 0 aromatic carbocycles. The third-order valence-electron chi connectivity index (χ3n) is 1.64. The van der Waals surface area contributed by atoms with Gasteiger partial charge in [0.1, 0.15) is 0 Å². The first-order valence-corrected chi connectivity index (χ1v) is 5.90. The number of aryl methyl sites for hydroxylation is 1. The van der Waals surface area contributed by atoms with Crippen LogP contribution in [0.4, 0.5) is 0 Å². The summed E-state index contributed by atoms with van der Waals surface area (Å²) < 4.78 is 0. The standard InChI is InChI=1S/C10H16N2S2/c1-7(2)12-10(13)11-6-9-5-4-8(3)14-9/h4-5,7H,6H2,1-3H3,(H2,11,12,13). The van der Waals surface area contributed by atoms with Gasteiger partial charge in [-0.25, -0.2) is 0 Å². The van der Waals surface area contributed by atoms with Gasteiger partial charge in [0, 0.05) is 15.8 Å². The van der Waals surface area contributed by atoms with E-state index in [2.05, 4.69) is 43.5 Å². The van der Waals surface area contributed by atoms with Gasteiger partial charge in [-0.2, -0.15) is 0 Å². The monoisotopic (exact) mass is 228 g/mol. The molecule has 0 aliphatic carbocycles. The second-order valence-electron chi connectivity index (χ2n) is 3.49. The molecule has 4 heteroatoms. The average molecular weight is 228 g/mol. The summed E-state index contributed by atoms with van der Waals surface area (Å²) >= 11 is 6.92. The molecular formula is C10H16N2S2. The Labute approximate surface area is 94.7 Å². The molecular weight excluding hydrogens is 212 g/mol. The van der Waals surface area contributed by atoms with Crippen molar-refractivity contribution >= 4 is 28.7 Å². The Balaban J connectivity index is 2.30. The third-order valence-corrected chi connectivity index (χ3v) is 2.90. The summed E-state index contributed by atoms with van der Waals surface area (Å²) in [6.45, 7) is 7.07. The molecule has 0 unspecified atom stereocenters. The minimum absolute atomic E-state index is 0.389. The van der Waals surface area contributed by atoms with Crippen molar-refractivity contribution in [2.75, 3.05) is 0 Å². The lowest BCUT2D eigenvalue weighted by molar-refractivity contribution is 0.713. The summed E-state index contributed by atoms with van der Waals surface area (Å²) in [7, 11) is 0. The van der Waals surface area contributed by atoms with Gasteiger partial charge in [-0.3, -0.25) is 0 Å². The first kappa shape index (κ1) is 11.5. The van der Waals surface area contributed by atoms with E-state index in [-0.39, 0.29) is 0 Å². The molecule has 0 aliphatic heterocycles. The van der Waals surface area contributed by atoms with Crippen LogP contribution in [0.1, 0.15) is 23.6 Å². The molecule has 0 atom stereocenters. The van der Waals surface area contributed by atoms with Crippen LogP contribution >= 0.6 is 23.6 Å². The number of hydrogen-bond donors (Lipinski definition) is 2. The summed E-state index contributed by atoms with van der Waals surface area (Å²) in [6.07, 6.45) is 0. The Kier molecular flexibility index (Phi) is 4.35. The van der Waals surface area contributed by atoms with Crippen molar-refractivity contribution in [2.24, 2.45) is 0 Å². The van der Waals surface area contributed by atoms with Gasteiger partial charge < -0.3 is 10.6 Å². The lowest BCUT2D eigenvalue weighted by Crippen LogP contribution is -2.38. The number of thiophene rings is 1. The van der Waals surface area contributed by atoms with Gasteiger partial charge in [-0.15, -0.1) is 11.3 Å². The maximum atomic E-state index is 5.12. The normalized spacial score (nSPS) is 10.3. The van der Waals surface area contributed by atoms with Crippen molar-refractivity contribution in [1.29, 1.82) is 0 Å². The number of rotatable bonds is 3. The van der Waals surface area contributed by atoms with Crippen LogP contribution in [0.25, 0.3) is 0 Å². The summed E-state index contributed by atoms with van der Waals surface area (Å²) in [5, 5.41) is 7.05. The largest absolute Gasteiger partial charge is 0.361 e. The second kappa shape index (κ2) is 5.32. The van der Waals surface area contributed by atoms with Crippen LogP contribution in [0.3, 0.4) is 0 Å². The minimum Gasteiger partial charge on any atom is -0.361 e. The lowest BCUT2D eigenvalue weighted by atomic mass is 10.4. The zero-order chi connectivity index (χ0) is 10.6. The van der Waals surface area contributed by atoms with Crippen molar-refractivity contribution in [3.05, 3.63) is 21.9 Å². The van der Waals surface area contributed by atoms with Crippen molar-refractivity contribution in [2.45, 2.75) is 33.4 Å². The van der Waals surface area contributed by atoms with E-state index in [4.69, 9.17) is 12.2 Å². The van der Waals surface area contributed by atoms with Gasteiger partial charge >= 0.3 is 0 Å². The van der Waals surface area contributed by atoms with Crippen LogP contribution in [-0.4, -0.2) is 11.2 Å². The van der Waals surface area contributed by atoms with Crippen molar-refractivity contribution < 1.29 is 0 Å². The highest BCUT2D eigenvalue weighted by atomic mass is 32.1. The van der Waals surface area contributed by atoms with E-state index in [1.807, 2.05) is 0 Å². The van der Waals surface area contributed by atoms with Crippen LogP contribution in [0.15, 0.2) is 12.1 Å².